The molecule has 0 unspecified atom stereocenters. The van der Waals surface area contributed by atoms with Gasteiger partial charge in [0, 0.05) is 18.5 Å². The molecule has 1 saturated carbocycles. The topological polar surface area (TPSA) is 127 Å². The Morgan fingerprint density at radius 3 is 1.67 bits per heavy atom. The Morgan fingerprint density at radius 2 is 1.20 bits per heavy atom. The number of nitrogens with zero attached hydrogens (tertiary/aromatic N) is 1. The molecule has 12 heteroatoms. The van der Waals surface area contributed by atoms with Crippen LogP contribution in [0.2, 0.25) is 19.6 Å². The predicted molar refractivity (Wildman–Crippen MR) is 210 cm³/mol. The SMILES string of the molecule is CCC[C@H]1CC(O[Si](C)(C)C)=C2[C@H](C)CCC[C@H]2N1[C@@H]1O[C@H](COC(=O)C(C)(C)C)[C@H](OC(=O)C(C)(C)C)[C@H](OC(=O)C(C)(C)C)[C@H]1OC(=O)C(C)(C)C. The van der Waals surface area contributed by atoms with Crippen molar-refractivity contribution in [2.24, 2.45) is 27.6 Å². The van der Waals surface area contributed by atoms with Crippen molar-refractivity contribution in [3.63, 3.8) is 0 Å². The Labute approximate surface area is 327 Å². The van der Waals surface area contributed by atoms with E-state index >= 15 is 0 Å². The van der Waals surface area contributed by atoms with Crippen LogP contribution in [0.5, 0.6) is 0 Å². The van der Waals surface area contributed by atoms with E-state index in [9.17, 15) is 19.2 Å². The maximum atomic E-state index is 14.0. The van der Waals surface area contributed by atoms with Gasteiger partial charge in [0.2, 0.25) is 8.32 Å². The van der Waals surface area contributed by atoms with Crippen LogP contribution < -0.4 is 0 Å². The van der Waals surface area contributed by atoms with Crippen LogP contribution in [0, 0.1) is 27.6 Å². The minimum atomic E-state index is -1.99. The molecule has 1 aliphatic carbocycles. The maximum absolute atomic E-state index is 14.0. The third kappa shape index (κ3) is 11.6. The minimum absolute atomic E-state index is 0.0772. The molecule has 2 heterocycles. The second-order valence-electron chi connectivity index (χ2n) is 20.8. The average Bonchev–Trinajstić information content (AvgIpc) is 2.99. The van der Waals surface area contributed by atoms with Gasteiger partial charge in [0.05, 0.1) is 27.4 Å². The number of hydrogen-bond acceptors (Lipinski definition) is 11. The highest BCUT2D eigenvalue weighted by Crippen LogP contribution is 2.46. The minimum Gasteiger partial charge on any atom is -0.547 e. The zero-order chi connectivity index (χ0) is 41.4. The van der Waals surface area contributed by atoms with Crippen LogP contribution >= 0.6 is 0 Å². The number of carbonyl (C=O) groups is 4. The van der Waals surface area contributed by atoms with Gasteiger partial charge in [-0.3, -0.25) is 24.1 Å². The monoisotopic (exact) mass is 780 g/mol. The van der Waals surface area contributed by atoms with Gasteiger partial charge in [-0.05, 0) is 133 Å². The molecule has 2 aliphatic heterocycles. The zero-order valence-electron chi connectivity index (χ0n) is 36.6. The third-order valence-corrected chi connectivity index (χ3v) is 10.9. The van der Waals surface area contributed by atoms with Crippen molar-refractivity contribution in [1.82, 2.24) is 4.90 Å². The lowest BCUT2D eigenvalue weighted by atomic mass is 9.75. The van der Waals surface area contributed by atoms with Gasteiger partial charge < -0.3 is 28.1 Å². The number of ether oxygens (including phenoxy) is 5. The second kappa shape index (κ2) is 17.0. The molecule has 0 bridgehead atoms. The van der Waals surface area contributed by atoms with Gasteiger partial charge in [0.1, 0.15) is 12.7 Å². The highest BCUT2D eigenvalue weighted by molar-refractivity contribution is 6.70. The lowest BCUT2D eigenvalue weighted by Gasteiger charge is -2.56. The maximum Gasteiger partial charge on any atom is 0.311 e. The summed E-state index contributed by atoms with van der Waals surface area (Å²) in [6, 6.07) is -0.191. The van der Waals surface area contributed by atoms with Crippen molar-refractivity contribution >= 4 is 32.2 Å². The van der Waals surface area contributed by atoms with Crippen molar-refractivity contribution in [3.05, 3.63) is 11.3 Å². The van der Waals surface area contributed by atoms with Crippen LogP contribution in [-0.2, 0) is 47.3 Å². The Bertz CT molecular complexity index is 1390. The van der Waals surface area contributed by atoms with E-state index in [4.69, 9.17) is 28.1 Å². The van der Waals surface area contributed by atoms with Crippen LogP contribution in [0.15, 0.2) is 11.3 Å². The van der Waals surface area contributed by atoms with Gasteiger partial charge in [-0.15, -0.1) is 0 Å². The molecule has 0 radical (unpaired) electrons. The Balaban J connectivity index is 2.37. The number of fused-ring (bicyclic) bond motifs is 1. The summed E-state index contributed by atoms with van der Waals surface area (Å²) in [5.41, 5.74) is -2.40. The summed E-state index contributed by atoms with van der Waals surface area (Å²) in [5.74, 6) is -0.805. The van der Waals surface area contributed by atoms with Gasteiger partial charge in [0.25, 0.3) is 0 Å². The van der Waals surface area contributed by atoms with Crippen LogP contribution in [0.4, 0.5) is 0 Å². The number of hydrogen-bond donors (Lipinski definition) is 0. The predicted octanol–water partition coefficient (Wildman–Crippen LogP) is 8.34. The molecule has 0 N–H and O–H groups in total. The smallest absolute Gasteiger partial charge is 0.311 e. The van der Waals surface area contributed by atoms with Crippen molar-refractivity contribution < 1.29 is 47.3 Å². The molecule has 0 amide bonds. The van der Waals surface area contributed by atoms with Crippen molar-refractivity contribution in [2.45, 2.75) is 198 Å². The lowest BCUT2D eigenvalue weighted by molar-refractivity contribution is -0.292. The number of rotatable bonds is 10. The number of esters is 4. The first-order chi connectivity index (χ1) is 24.5. The molecule has 8 atom stereocenters. The van der Waals surface area contributed by atoms with Crippen LogP contribution in [0.25, 0.3) is 0 Å². The molecule has 2 fully saturated rings. The second-order valence-corrected chi connectivity index (χ2v) is 25.2. The van der Waals surface area contributed by atoms with E-state index in [2.05, 4.69) is 38.4 Å². The van der Waals surface area contributed by atoms with Gasteiger partial charge in [-0.2, -0.15) is 0 Å². The Morgan fingerprint density at radius 1 is 0.722 bits per heavy atom. The molecule has 0 spiro atoms. The van der Waals surface area contributed by atoms with Gasteiger partial charge in [0.15, 0.2) is 24.5 Å². The van der Waals surface area contributed by atoms with E-state index in [1.54, 1.807) is 83.1 Å². The van der Waals surface area contributed by atoms with Gasteiger partial charge in [-0.1, -0.05) is 26.7 Å². The summed E-state index contributed by atoms with van der Waals surface area (Å²) in [7, 11) is -1.99. The fourth-order valence-corrected chi connectivity index (χ4v) is 8.05. The quantitative estimate of drug-likeness (QED) is 0.121. The normalized spacial score (nSPS) is 28.8. The molecule has 0 aromatic carbocycles. The molecule has 1 saturated heterocycles. The molecule has 11 nitrogen and oxygen atoms in total. The molecular formula is C42H73NO10Si. The molecule has 54 heavy (non-hydrogen) atoms. The highest BCUT2D eigenvalue weighted by Gasteiger charge is 2.59. The summed E-state index contributed by atoms with van der Waals surface area (Å²) in [5, 5.41) is 0. The van der Waals surface area contributed by atoms with Crippen molar-refractivity contribution in [3.8, 4) is 0 Å². The van der Waals surface area contributed by atoms with Gasteiger partial charge >= 0.3 is 23.9 Å². The van der Waals surface area contributed by atoms with E-state index in [0.29, 0.717) is 6.42 Å². The van der Waals surface area contributed by atoms with E-state index in [0.717, 1.165) is 37.9 Å². The molecule has 3 aliphatic rings. The van der Waals surface area contributed by atoms with E-state index < -0.39 is 84.5 Å². The summed E-state index contributed by atoms with van der Waals surface area (Å²) in [6.45, 7) is 31.7. The van der Waals surface area contributed by atoms with E-state index in [1.165, 1.54) is 5.57 Å². The largest absolute Gasteiger partial charge is 0.547 e. The van der Waals surface area contributed by atoms with Crippen molar-refractivity contribution in [2.75, 3.05) is 6.61 Å². The summed E-state index contributed by atoms with van der Waals surface area (Å²) in [6.07, 6.45) is -0.632. The Hall–Kier alpha value is -2.44. The molecule has 0 aromatic rings. The van der Waals surface area contributed by atoms with E-state index in [-0.39, 0.29) is 24.6 Å². The zero-order valence-corrected chi connectivity index (χ0v) is 37.6. The standard InChI is InChI=1S/C42H73NO10Si/c1-18-20-26-23-28(53-54(15,16)17)30-25(2)21-19-22-27(30)43(26)34-33(52-38(47)42(12,13)14)32(51-37(46)41(9,10)11)31(50-36(45)40(6,7)8)29(49-34)24-48-35(44)39(3,4)5/h25-27,29,31-34H,18-24H2,1-17H3/t25-,26+,27-,29-,31+,32+,33-,34-/m1/s1. The van der Waals surface area contributed by atoms with Gasteiger partial charge in [-0.25, -0.2) is 0 Å². The fraction of sp³-hybridized carbons (Fsp3) is 0.857. The summed E-state index contributed by atoms with van der Waals surface area (Å²) in [4.78, 5) is 57.2. The average molecular weight is 780 g/mol. The lowest BCUT2D eigenvalue weighted by Crippen LogP contribution is -2.70. The molecule has 0 aromatic heterocycles. The van der Waals surface area contributed by atoms with E-state index in [1.807, 2.05) is 0 Å². The van der Waals surface area contributed by atoms with Crippen LogP contribution in [-0.4, -0.2) is 86.4 Å². The molecule has 310 valence electrons. The van der Waals surface area contributed by atoms with Crippen LogP contribution in [0.1, 0.15) is 135 Å². The number of carbonyl (C=O) groups excluding carboxylic acids is 4. The molecule has 3 rings (SSSR count). The molecular weight excluding hydrogens is 707 g/mol. The first-order valence-corrected chi connectivity index (χ1v) is 23.5. The third-order valence-electron chi connectivity index (χ3n) is 10.0. The first-order valence-electron chi connectivity index (χ1n) is 20.1. The first kappa shape index (κ1) is 45.9. The van der Waals surface area contributed by atoms with Crippen molar-refractivity contribution in [1.29, 1.82) is 0 Å². The highest BCUT2D eigenvalue weighted by atomic mass is 28.4. The Kier molecular flexibility index (Phi) is 14.4. The summed E-state index contributed by atoms with van der Waals surface area (Å²) < 4.78 is 39.0. The van der Waals surface area contributed by atoms with Crippen LogP contribution in [0.3, 0.4) is 0 Å². The summed E-state index contributed by atoms with van der Waals surface area (Å²) >= 11 is 0. The fourth-order valence-electron chi connectivity index (χ4n) is 7.11.